The molecule has 3 aromatic rings. The number of rotatable bonds is 5. The molecule has 2 heterocycles. The van der Waals surface area contributed by atoms with Gasteiger partial charge >= 0.3 is 0 Å². The third-order valence-electron chi connectivity index (χ3n) is 3.97. The van der Waals surface area contributed by atoms with E-state index in [9.17, 15) is 4.79 Å². The molecule has 0 unspecified atom stereocenters. The van der Waals surface area contributed by atoms with Crippen LogP contribution in [0.2, 0.25) is 0 Å². The number of benzene rings is 1. The third kappa shape index (κ3) is 2.90. The number of carbonyl (C=O) groups is 1. The Balaban J connectivity index is 1.58. The second kappa shape index (κ2) is 5.76. The summed E-state index contributed by atoms with van der Waals surface area (Å²) in [6.07, 6.45) is 3.91. The van der Waals surface area contributed by atoms with Gasteiger partial charge in [0.25, 0.3) is 5.91 Å². The van der Waals surface area contributed by atoms with Crippen LogP contribution < -0.4 is 5.32 Å². The van der Waals surface area contributed by atoms with Gasteiger partial charge in [-0.1, -0.05) is 18.2 Å². The summed E-state index contributed by atoms with van der Waals surface area (Å²) in [5, 5.41) is 7.36. The van der Waals surface area contributed by atoms with Crippen LogP contribution in [0.5, 0.6) is 0 Å². The maximum atomic E-state index is 12.4. The minimum Gasteiger partial charge on any atom is -0.467 e. The van der Waals surface area contributed by atoms with Crippen molar-refractivity contribution >= 4 is 5.91 Å². The number of para-hydroxylation sites is 1. The lowest BCUT2D eigenvalue weighted by atomic mass is 10.2. The second-order valence-corrected chi connectivity index (χ2v) is 5.74. The molecule has 1 saturated carbocycles. The van der Waals surface area contributed by atoms with E-state index < -0.39 is 0 Å². The highest BCUT2D eigenvalue weighted by atomic mass is 16.3. The van der Waals surface area contributed by atoms with Crippen LogP contribution in [0.25, 0.3) is 5.69 Å². The van der Waals surface area contributed by atoms with Crippen molar-refractivity contribution in [1.29, 1.82) is 0 Å². The van der Waals surface area contributed by atoms with Crippen molar-refractivity contribution in [1.82, 2.24) is 15.1 Å². The normalized spacial score (nSPS) is 13.9. The summed E-state index contributed by atoms with van der Waals surface area (Å²) in [5.41, 5.74) is 2.54. The monoisotopic (exact) mass is 307 g/mol. The van der Waals surface area contributed by atoms with Crippen molar-refractivity contribution in [3.63, 3.8) is 0 Å². The van der Waals surface area contributed by atoms with Crippen LogP contribution in [-0.4, -0.2) is 15.7 Å². The zero-order valence-electron chi connectivity index (χ0n) is 12.6. The summed E-state index contributed by atoms with van der Waals surface area (Å²) in [6, 6.07) is 15.5. The summed E-state index contributed by atoms with van der Waals surface area (Å²) in [5.74, 6) is 1.05. The molecule has 0 saturated heterocycles. The number of carbonyl (C=O) groups excluding carboxylic acids is 1. The summed E-state index contributed by atoms with van der Waals surface area (Å²) >= 11 is 0. The van der Waals surface area contributed by atoms with Crippen LogP contribution in [0.1, 0.15) is 40.7 Å². The van der Waals surface area contributed by atoms with E-state index in [4.69, 9.17) is 4.42 Å². The Morgan fingerprint density at radius 3 is 2.74 bits per heavy atom. The molecule has 23 heavy (non-hydrogen) atoms. The topological polar surface area (TPSA) is 60.1 Å². The van der Waals surface area contributed by atoms with Crippen molar-refractivity contribution in [3.8, 4) is 5.69 Å². The first-order valence-corrected chi connectivity index (χ1v) is 7.77. The van der Waals surface area contributed by atoms with E-state index >= 15 is 0 Å². The second-order valence-electron chi connectivity index (χ2n) is 5.74. The van der Waals surface area contributed by atoms with E-state index in [2.05, 4.69) is 10.4 Å². The summed E-state index contributed by atoms with van der Waals surface area (Å²) in [4.78, 5) is 12.4. The maximum absolute atomic E-state index is 12.4. The first-order valence-electron chi connectivity index (χ1n) is 7.77. The lowest BCUT2D eigenvalue weighted by Gasteiger charge is -2.05. The Hall–Kier alpha value is -2.82. The molecule has 0 spiro atoms. The molecule has 2 aromatic heterocycles. The van der Waals surface area contributed by atoms with Crippen LogP contribution in [0, 0.1) is 0 Å². The zero-order chi connectivity index (χ0) is 15.6. The molecule has 5 heteroatoms. The molecule has 5 nitrogen and oxygen atoms in total. The molecule has 0 aliphatic heterocycles. The molecule has 0 atom stereocenters. The van der Waals surface area contributed by atoms with Gasteiger partial charge in [0.1, 0.15) is 5.76 Å². The molecule has 116 valence electrons. The smallest absolute Gasteiger partial charge is 0.272 e. The third-order valence-corrected chi connectivity index (χ3v) is 3.97. The highest BCUT2D eigenvalue weighted by Crippen LogP contribution is 2.41. The lowest BCUT2D eigenvalue weighted by molar-refractivity contribution is 0.0942. The first-order chi connectivity index (χ1) is 11.3. The molecule has 1 aliphatic rings. The highest BCUT2D eigenvalue weighted by molar-refractivity contribution is 5.92. The van der Waals surface area contributed by atoms with Crippen LogP contribution in [0.15, 0.2) is 59.2 Å². The maximum Gasteiger partial charge on any atom is 0.272 e. The molecular formula is C18H17N3O2. The van der Waals surface area contributed by atoms with E-state index in [1.165, 1.54) is 0 Å². The number of nitrogens with zero attached hydrogens (tertiary/aromatic N) is 2. The van der Waals surface area contributed by atoms with Gasteiger partial charge < -0.3 is 9.73 Å². The van der Waals surface area contributed by atoms with Crippen LogP contribution in [0.3, 0.4) is 0 Å². The van der Waals surface area contributed by atoms with Crippen molar-refractivity contribution in [2.45, 2.75) is 25.3 Å². The van der Waals surface area contributed by atoms with E-state index in [-0.39, 0.29) is 5.91 Å². The van der Waals surface area contributed by atoms with Crippen LogP contribution in [-0.2, 0) is 6.54 Å². The minimum absolute atomic E-state index is 0.182. The first kappa shape index (κ1) is 13.8. The molecule has 1 fully saturated rings. The van der Waals surface area contributed by atoms with Gasteiger partial charge in [0.2, 0.25) is 0 Å². The fraction of sp³-hybridized carbons (Fsp3) is 0.222. The highest BCUT2D eigenvalue weighted by Gasteiger charge is 2.29. The largest absolute Gasteiger partial charge is 0.467 e. The van der Waals surface area contributed by atoms with Crippen LogP contribution in [0.4, 0.5) is 0 Å². The van der Waals surface area contributed by atoms with Gasteiger partial charge in [-0.3, -0.25) is 4.79 Å². The van der Waals surface area contributed by atoms with Gasteiger partial charge in [0.05, 0.1) is 18.5 Å². The molecule has 1 amide bonds. The zero-order valence-corrected chi connectivity index (χ0v) is 12.6. The summed E-state index contributed by atoms with van der Waals surface area (Å²) in [6.45, 7) is 0.364. The Bertz CT molecular complexity index is 802. The average molecular weight is 307 g/mol. The number of amides is 1. The molecular weight excluding hydrogens is 290 g/mol. The number of hydrogen-bond acceptors (Lipinski definition) is 3. The fourth-order valence-corrected chi connectivity index (χ4v) is 2.62. The van der Waals surface area contributed by atoms with E-state index in [1.807, 2.05) is 47.1 Å². The lowest BCUT2D eigenvalue weighted by Crippen LogP contribution is -2.23. The van der Waals surface area contributed by atoms with E-state index in [1.54, 1.807) is 12.3 Å². The summed E-state index contributed by atoms with van der Waals surface area (Å²) < 4.78 is 7.11. The number of nitrogens with one attached hydrogen (secondary N) is 1. The molecule has 4 rings (SSSR count). The van der Waals surface area contributed by atoms with Gasteiger partial charge in [-0.25, -0.2) is 4.68 Å². The van der Waals surface area contributed by atoms with Gasteiger partial charge in [-0.15, -0.1) is 0 Å². The molecule has 0 bridgehead atoms. The number of hydrogen-bond donors (Lipinski definition) is 1. The minimum atomic E-state index is -0.182. The Kier molecular flexibility index (Phi) is 3.46. The van der Waals surface area contributed by atoms with E-state index in [0.717, 1.165) is 30.0 Å². The Morgan fingerprint density at radius 1 is 1.22 bits per heavy atom. The Morgan fingerprint density at radius 2 is 2.04 bits per heavy atom. The molecule has 1 aliphatic carbocycles. The number of furan rings is 1. The van der Waals surface area contributed by atoms with Gasteiger partial charge in [-0.05, 0) is 43.2 Å². The van der Waals surface area contributed by atoms with E-state index in [0.29, 0.717) is 18.2 Å². The Labute approximate surface area is 133 Å². The van der Waals surface area contributed by atoms with Gasteiger partial charge in [-0.2, -0.15) is 5.10 Å². The SMILES string of the molecule is O=C(NCc1ccco1)c1cc(C2CC2)n(-c2ccccc2)n1. The quantitative estimate of drug-likeness (QED) is 0.787. The fourth-order valence-electron chi connectivity index (χ4n) is 2.62. The molecule has 1 N–H and O–H groups in total. The summed E-state index contributed by atoms with van der Waals surface area (Å²) in [7, 11) is 0. The van der Waals surface area contributed by atoms with Gasteiger partial charge in [0, 0.05) is 11.6 Å². The number of aromatic nitrogens is 2. The van der Waals surface area contributed by atoms with Crippen molar-refractivity contribution in [2.75, 3.05) is 0 Å². The van der Waals surface area contributed by atoms with Crippen LogP contribution >= 0.6 is 0 Å². The van der Waals surface area contributed by atoms with Crippen molar-refractivity contribution in [3.05, 3.63) is 71.9 Å². The van der Waals surface area contributed by atoms with Crippen molar-refractivity contribution < 1.29 is 9.21 Å². The predicted molar refractivity (Wildman–Crippen MR) is 85.4 cm³/mol. The van der Waals surface area contributed by atoms with Crippen molar-refractivity contribution in [2.24, 2.45) is 0 Å². The molecule has 1 aromatic carbocycles. The standard InChI is InChI=1S/C18H17N3O2/c22-18(19-12-15-7-4-10-23-15)16-11-17(13-8-9-13)21(20-16)14-5-2-1-3-6-14/h1-7,10-11,13H,8-9,12H2,(H,19,22). The molecule has 0 radical (unpaired) electrons. The average Bonchev–Trinajstić information content (AvgIpc) is 3.13. The van der Waals surface area contributed by atoms with Gasteiger partial charge in [0.15, 0.2) is 5.69 Å². The predicted octanol–water partition coefficient (Wildman–Crippen LogP) is 3.27.